The molecule has 0 aliphatic rings. The highest BCUT2D eigenvalue weighted by molar-refractivity contribution is 6.82. The molecule has 1 unspecified atom stereocenters. The Bertz CT molecular complexity index is 254. The number of halogens is 2. The van der Waals surface area contributed by atoms with E-state index >= 15 is 0 Å². The Balaban J connectivity index is 5.87. The molecule has 0 bridgehead atoms. The number of aliphatic hydroxyl groups is 1. The van der Waals surface area contributed by atoms with E-state index in [0.29, 0.717) is 18.1 Å². The van der Waals surface area contributed by atoms with Crippen LogP contribution in [0.4, 0.5) is 8.78 Å². The molecule has 1 nitrogen and oxygen atoms in total. The lowest BCUT2D eigenvalue weighted by atomic mass is 9.86. The van der Waals surface area contributed by atoms with Crippen molar-refractivity contribution in [3.05, 3.63) is 12.7 Å². The van der Waals surface area contributed by atoms with Gasteiger partial charge >= 0.3 is 0 Å². The minimum absolute atomic E-state index is 0.665. The maximum absolute atomic E-state index is 13.6. The van der Waals surface area contributed by atoms with Gasteiger partial charge in [-0.25, -0.2) is 8.78 Å². The molecule has 0 spiro atoms. The summed E-state index contributed by atoms with van der Waals surface area (Å²) < 4.78 is 27.1. The zero-order valence-electron chi connectivity index (χ0n) is 11.7. The van der Waals surface area contributed by atoms with Crippen LogP contribution < -0.4 is 0 Å². The van der Waals surface area contributed by atoms with Crippen LogP contribution in [0.25, 0.3) is 0 Å². The van der Waals surface area contributed by atoms with Gasteiger partial charge in [-0.15, -0.1) is 6.58 Å². The lowest BCUT2D eigenvalue weighted by molar-refractivity contribution is -0.0982. The van der Waals surface area contributed by atoms with Crippen LogP contribution in [0.15, 0.2) is 12.7 Å². The van der Waals surface area contributed by atoms with Crippen LogP contribution in [0.3, 0.4) is 0 Å². The monoisotopic (exact) mass is 264 g/mol. The molecule has 0 saturated carbocycles. The molecule has 0 fully saturated rings. The Kier molecular flexibility index (Phi) is 5.54. The van der Waals surface area contributed by atoms with Crippen molar-refractivity contribution in [2.45, 2.75) is 64.4 Å². The molecule has 0 radical (unpaired) electrons. The minimum atomic E-state index is -2.72. The highest BCUT2D eigenvalue weighted by Crippen LogP contribution is 2.48. The highest BCUT2D eigenvalue weighted by atomic mass is 28.3. The van der Waals surface area contributed by atoms with Crippen molar-refractivity contribution in [3.63, 3.8) is 0 Å². The van der Waals surface area contributed by atoms with Gasteiger partial charge in [0.25, 0.3) is 6.43 Å². The quantitative estimate of drug-likeness (QED) is 0.538. The smallest absolute Gasteiger partial charge is 0.264 e. The molecule has 0 aliphatic carbocycles. The van der Waals surface area contributed by atoms with Crippen LogP contribution in [0.2, 0.25) is 18.1 Å². The predicted molar refractivity (Wildman–Crippen MR) is 72.1 cm³/mol. The second-order valence-corrected chi connectivity index (χ2v) is 10.8. The topological polar surface area (TPSA) is 20.2 Å². The fourth-order valence-electron chi connectivity index (χ4n) is 2.91. The molecular weight excluding hydrogens is 238 g/mol. The molecule has 0 aromatic carbocycles. The lowest BCUT2D eigenvalue weighted by Crippen LogP contribution is -2.68. The summed E-state index contributed by atoms with van der Waals surface area (Å²) in [7, 11) is -2.46. The van der Waals surface area contributed by atoms with E-state index in [-0.39, 0.29) is 0 Å². The standard InChI is InChI=1S/C13H26F2OSi/c1-7-12(5,6)13(16,11(14)15)17(8-2,9-3)10-4/h7,11,16H,1,8-10H2,2-6H3. The Morgan fingerprint density at radius 3 is 1.71 bits per heavy atom. The van der Waals surface area contributed by atoms with Gasteiger partial charge in [0, 0.05) is 5.41 Å². The molecule has 0 rings (SSSR count). The molecule has 1 N–H and O–H groups in total. The van der Waals surface area contributed by atoms with Crippen molar-refractivity contribution < 1.29 is 13.9 Å². The van der Waals surface area contributed by atoms with Crippen LogP contribution in [-0.2, 0) is 0 Å². The van der Waals surface area contributed by atoms with E-state index in [0.717, 1.165) is 0 Å². The summed E-state index contributed by atoms with van der Waals surface area (Å²) in [6, 6.07) is 1.99. The molecule has 0 saturated heterocycles. The Morgan fingerprint density at radius 2 is 1.53 bits per heavy atom. The number of rotatable bonds is 7. The SMILES string of the molecule is C=CC(C)(C)C(O)(C(F)F)[Si](CC)(CC)CC. The Morgan fingerprint density at radius 1 is 1.18 bits per heavy atom. The first-order chi connectivity index (χ1) is 7.69. The first-order valence-corrected chi connectivity index (χ1v) is 8.95. The van der Waals surface area contributed by atoms with Crippen molar-refractivity contribution in [2.75, 3.05) is 0 Å². The maximum Gasteiger partial charge on any atom is 0.264 e. The highest BCUT2D eigenvalue weighted by Gasteiger charge is 2.61. The molecule has 0 aliphatic heterocycles. The van der Waals surface area contributed by atoms with Gasteiger partial charge in [0.05, 0.1) is 8.07 Å². The second-order valence-electron chi connectivity index (χ2n) is 5.33. The van der Waals surface area contributed by atoms with Crippen LogP contribution in [-0.4, -0.2) is 24.8 Å². The summed E-state index contributed by atoms with van der Waals surface area (Å²) in [6.45, 7) is 12.7. The van der Waals surface area contributed by atoms with Crippen LogP contribution in [0, 0.1) is 5.41 Å². The molecule has 0 amide bonds. The van der Waals surface area contributed by atoms with E-state index in [4.69, 9.17) is 0 Å². The van der Waals surface area contributed by atoms with Crippen molar-refractivity contribution >= 4 is 8.07 Å². The number of alkyl halides is 2. The molecule has 0 aromatic heterocycles. The molecule has 0 heterocycles. The lowest BCUT2D eigenvalue weighted by Gasteiger charge is -2.52. The minimum Gasteiger partial charge on any atom is -0.387 e. The molecule has 1 atom stereocenters. The number of hydrogen-bond acceptors (Lipinski definition) is 1. The van der Waals surface area contributed by atoms with Gasteiger partial charge in [0.2, 0.25) is 0 Å². The van der Waals surface area contributed by atoms with Crippen molar-refractivity contribution in [3.8, 4) is 0 Å². The van der Waals surface area contributed by atoms with Crippen molar-refractivity contribution in [2.24, 2.45) is 5.41 Å². The average Bonchev–Trinajstić information content (AvgIpc) is 2.31. The molecule has 17 heavy (non-hydrogen) atoms. The van der Waals surface area contributed by atoms with Gasteiger partial charge in [-0.2, -0.15) is 0 Å². The van der Waals surface area contributed by atoms with Gasteiger partial charge in [0.15, 0.2) is 0 Å². The maximum atomic E-state index is 13.6. The molecule has 4 heteroatoms. The van der Waals surface area contributed by atoms with Crippen LogP contribution in [0.1, 0.15) is 34.6 Å². The third-order valence-corrected chi connectivity index (χ3v) is 11.2. The van der Waals surface area contributed by atoms with Gasteiger partial charge in [0.1, 0.15) is 5.22 Å². The van der Waals surface area contributed by atoms with Gasteiger partial charge in [-0.3, -0.25) is 0 Å². The molecule has 0 aromatic rings. The summed E-state index contributed by atoms with van der Waals surface area (Å²) in [5, 5.41) is 8.86. The molecule has 102 valence electrons. The summed E-state index contributed by atoms with van der Waals surface area (Å²) in [4.78, 5) is 0. The van der Waals surface area contributed by atoms with E-state index in [1.165, 1.54) is 6.08 Å². The van der Waals surface area contributed by atoms with Crippen LogP contribution >= 0.6 is 0 Å². The fourth-order valence-corrected chi connectivity index (χ4v) is 7.96. The largest absolute Gasteiger partial charge is 0.387 e. The van der Waals surface area contributed by atoms with E-state index in [2.05, 4.69) is 6.58 Å². The fraction of sp³-hybridized carbons (Fsp3) is 0.846. The van der Waals surface area contributed by atoms with Crippen molar-refractivity contribution in [1.29, 1.82) is 0 Å². The van der Waals surface area contributed by atoms with E-state index in [9.17, 15) is 13.9 Å². The third kappa shape index (κ3) is 2.34. The number of hydrogen-bond donors (Lipinski definition) is 1. The van der Waals surface area contributed by atoms with Gasteiger partial charge in [-0.05, 0) is 0 Å². The summed E-state index contributed by atoms with van der Waals surface area (Å²) in [6.07, 6.45) is -1.25. The zero-order chi connectivity index (χ0) is 13.9. The Labute approximate surface area is 105 Å². The first kappa shape index (κ1) is 16.8. The van der Waals surface area contributed by atoms with Gasteiger partial charge in [-0.1, -0.05) is 58.8 Å². The predicted octanol–water partition coefficient (Wildman–Crippen LogP) is 4.24. The second kappa shape index (κ2) is 5.61. The van der Waals surface area contributed by atoms with E-state index < -0.39 is 25.1 Å². The Hall–Kier alpha value is -0.223. The zero-order valence-corrected chi connectivity index (χ0v) is 12.7. The van der Waals surface area contributed by atoms with E-state index in [1.54, 1.807) is 13.8 Å². The average molecular weight is 264 g/mol. The van der Waals surface area contributed by atoms with E-state index in [1.807, 2.05) is 20.8 Å². The van der Waals surface area contributed by atoms with Gasteiger partial charge < -0.3 is 5.11 Å². The summed E-state index contributed by atoms with van der Waals surface area (Å²) in [5.74, 6) is 0. The van der Waals surface area contributed by atoms with Crippen molar-refractivity contribution in [1.82, 2.24) is 0 Å². The summed E-state index contributed by atoms with van der Waals surface area (Å²) >= 11 is 0. The normalized spacial score (nSPS) is 17.0. The molecular formula is C13H26F2OSi. The summed E-state index contributed by atoms with van der Waals surface area (Å²) in [5.41, 5.74) is -0.963. The first-order valence-electron chi connectivity index (χ1n) is 6.33. The third-order valence-electron chi connectivity index (χ3n) is 4.65. The van der Waals surface area contributed by atoms with Crippen LogP contribution in [0.5, 0.6) is 0 Å².